The third kappa shape index (κ3) is 3.07. The van der Waals surface area contributed by atoms with Crippen LogP contribution in [0.2, 0.25) is 0 Å². The predicted molar refractivity (Wildman–Crippen MR) is 48.1 cm³/mol. The van der Waals surface area contributed by atoms with Gasteiger partial charge < -0.3 is 4.74 Å². The molecule has 0 heterocycles. The molecular formula is C10H9FO2. The molecular weight excluding hydrogens is 171 g/mol. The molecule has 3 heteroatoms. The maximum absolute atomic E-state index is 11.8. The van der Waals surface area contributed by atoms with E-state index in [9.17, 15) is 9.18 Å². The minimum Gasteiger partial charge on any atom is -0.497 e. The Morgan fingerprint density at radius 2 is 2.00 bits per heavy atom. The standard InChI is InChI=1S/C10H9FO2/c1-13-9-5-2-8(3-6-9)4-7-10(11)12/h2-7H,1H3/b7-4+. The molecule has 0 aromatic heterocycles. The summed E-state index contributed by atoms with van der Waals surface area (Å²) in [5, 5.41) is 0. The molecule has 0 aliphatic carbocycles. The fraction of sp³-hybridized carbons (Fsp3) is 0.100. The number of benzene rings is 1. The number of ether oxygens (including phenoxy) is 1. The highest BCUT2D eigenvalue weighted by atomic mass is 19.1. The minimum absolute atomic E-state index is 0.726. The molecule has 0 aliphatic rings. The summed E-state index contributed by atoms with van der Waals surface area (Å²) >= 11 is 0. The van der Waals surface area contributed by atoms with Crippen molar-refractivity contribution in [3.63, 3.8) is 0 Å². The van der Waals surface area contributed by atoms with E-state index in [2.05, 4.69) is 0 Å². The van der Waals surface area contributed by atoms with Gasteiger partial charge in [-0.15, -0.1) is 0 Å². The Balaban J connectivity index is 2.75. The Morgan fingerprint density at radius 3 is 2.46 bits per heavy atom. The van der Waals surface area contributed by atoms with E-state index in [-0.39, 0.29) is 0 Å². The summed E-state index contributed by atoms with van der Waals surface area (Å²) in [6.45, 7) is 0. The van der Waals surface area contributed by atoms with E-state index in [0.29, 0.717) is 0 Å². The summed E-state index contributed by atoms with van der Waals surface area (Å²) in [6, 6.07) is 5.50. The largest absolute Gasteiger partial charge is 0.497 e. The normalized spacial score (nSPS) is 10.3. The second-order valence-corrected chi connectivity index (χ2v) is 2.41. The molecule has 0 radical (unpaired) electrons. The lowest BCUT2D eigenvalue weighted by molar-refractivity contribution is -0.124. The van der Waals surface area contributed by atoms with Crippen LogP contribution >= 0.6 is 0 Å². The lowest BCUT2D eigenvalue weighted by Gasteiger charge is -1.98. The first-order chi connectivity index (χ1) is 6.22. The SMILES string of the molecule is COc1ccc(/C=C/C(=O)F)cc1. The zero-order valence-corrected chi connectivity index (χ0v) is 7.16. The van der Waals surface area contributed by atoms with E-state index in [4.69, 9.17) is 4.74 Å². The first-order valence-corrected chi connectivity index (χ1v) is 3.74. The molecule has 68 valence electrons. The van der Waals surface area contributed by atoms with Crippen LogP contribution in [0.3, 0.4) is 0 Å². The number of allylic oxidation sites excluding steroid dienone is 1. The molecule has 1 rings (SSSR count). The van der Waals surface area contributed by atoms with Crippen molar-refractivity contribution in [2.24, 2.45) is 0 Å². The fourth-order valence-corrected chi connectivity index (χ4v) is 0.877. The number of carbonyl (C=O) groups is 1. The Morgan fingerprint density at radius 1 is 1.38 bits per heavy atom. The second kappa shape index (κ2) is 4.40. The summed E-state index contributed by atoms with van der Waals surface area (Å²) < 4.78 is 16.7. The third-order valence-electron chi connectivity index (χ3n) is 1.52. The Kier molecular flexibility index (Phi) is 3.20. The van der Waals surface area contributed by atoms with Crippen molar-refractivity contribution in [1.82, 2.24) is 0 Å². The summed E-state index contributed by atoms with van der Waals surface area (Å²) in [5.41, 5.74) is 0.756. The lowest BCUT2D eigenvalue weighted by Crippen LogP contribution is -1.82. The van der Waals surface area contributed by atoms with Gasteiger partial charge in [0, 0.05) is 6.08 Å². The second-order valence-electron chi connectivity index (χ2n) is 2.41. The van der Waals surface area contributed by atoms with Crippen LogP contribution in [-0.2, 0) is 4.79 Å². The topological polar surface area (TPSA) is 26.3 Å². The van der Waals surface area contributed by atoms with Crippen molar-refractivity contribution in [3.8, 4) is 5.75 Å². The highest BCUT2D eigenvalue weighted by Gasteiger charge is 1.91. The maximum Gasteiger partial charge on any atom is 0.324 e. The molecule has 0 atom stereocenters. The van der Waals surface area contributed by atoms with Crippen molar-refractivity contribution < 1.29 is 13.9 Å². The van der Waals surface area contributed by atoms with Crippen LogP contribution in [0, 0.1) is 0 Å². The van der Waals surface area contributed by atoms with Crippen LogP contribution in [0.15, 0.2) is 30.3 Å². The Bertz CT molecular complexity index is 314. The lowest BCUT2D eigenvalue weighted by atomic mass is 10.2. The third-order valence-corrected chi connectivity index (χ3v) is 1.52. The molecule has 0 unspecified atom stereocenters. The summed E-state index contributed by atoms with van der Waals surface area (Å²) in [5.74, 6) is 0.726. The van der Waals surface area contributed by atoms with Gasteiger partial charge in [-0.05, 0) is 23.8 Å². The van der Waals surface area contributed by atoms with Gasteiger partial charge in [-0.1, -0.05) is 12.1 Å². The molecule has 0 aliphatic heterocycles. The Hall–Kier alpha value is -1.64. The number of halogens is 1. The smallest absolute Gasteiger partial charge is 0.324 e. The monoisotopic (exact) mass is 180 g/mol. The highest BCUT2D eigenvalue weighted by molar-refractivity contribution is 5.85. The minimum atomic E-state index is -1.45. The molecule has 0 fully saturated rings. The molecule has 0 saturated carbocycles. The predicted octanol–water partition coefficient (Wildman–Crippen LogP) is 2.20. The maximum atomic E-state index is 11.8. The number of methoxy groups -OCH3 is 1. The molecule has 2 nitrogen and oxygen atoms in total. The zero-order chi connectivity index (χ0) is 9.68. The van der Waals surface area contributed by atoms with Gasteiger partial charge in [-0.3, -0.25) is 4.79 Å². The van der Waals surface area contributed by atoms with E-state index in [0.717, 1.165) is 17.4 Å². The van der Waals surface area contributed by atoms with E-state index in [1.165, 1.54) is 6.08 Å². The first kappa shape index (κ1) is 9.45. The van der Waals surface area contributed by atoms with Gasteiger partial charge in [0.1, 0.15) is 5.75 Å². The molecule has 0 N–H and O–H groups in total. The van der Waals surface area contributed by atoms with Crippen LogP contribution in [0.5, 0.6) is 5.75 Å². The molecule has 13 heavy (non-hydrogen) atoms. The van der Waals surface area contributed by atoms with E-state index in [1.54, 1.807) is 31.4 Å². The number of carbonyl (C=O) groups excluding carboxylic acids is 1. The van der Waals surface area contributed by atoms with Crippen LogP contribution in [-0.4, -0.2) is 13.1 Å². The van der Waals surface area contributed by atoms with Crippen LogP contribution in [0.4, 0.5) is 4.39 Å². The average molecular weight is 180 g/mol. The molecule has 1 aromatic carbocycles. The number of rotatable bonds is 3. The number of hydrogen-bond acceptors (Lipinski definition) is 2. The van der Waals surface area contributed by atoms with Crippen molar-refractivity contribution in [2.75, 3.05) is 7.11 Å². The summed E-state index contributed by atoms with van der Waals surface area (Å²) in [4.78, 5) is 9.96. The van der Waals surface area contributed by atoms with E-state index in [1.807, 2.05) is 0 Å². The van der Waals surface area contributed by atoms with Gasteiger partial charge >= 0.3 is 6.04 Å². The van der Waals surface area contributed by atoms with Gasteiger partial charge in [0.2, 0.25) is 0 Å². The quantitative estimate of drug-likeness (QED) is 0.526. The van der Waals surface area contributed by atoms with Gasteiger partial charge in [-0.2, -0.15) is 4.39 Å². The van der Waals surface area contributed by atoms with Crippen molar-refractivity contribution in [3.05, 3.63) is 35.9 Å². The molecule has 0 saturated heterocycles. The highest BCUT2D eigenvalue weighted by Crippen LogP contribution is 2.12. The molecule has 0 spiro atoms. The number of hydrogen-bond donors (Lipinski definition) is 0. The molecule has 0 amide bonds. The average Bonchev–Trinajstić information content (AvgIpc) is 2.15. The van der Waals surface area contributed by atoms with E-state index >= 15 is 0 Å². The molecule has 0 bridgehead atoms. The van der Waals surface area contributed by atoms with Crippen LogP contribution in [0.1, 0.15) is 5.56 Å². The van der Waals surface area contributed by atoms with Gasteiger partial charge in [-0.25, -0.2) is 0 Å². The van der Waals surface area contributed by atoms with E-state index < -0.39 is 6.04 Å². The van der Waals surface area contributed by atoms with Gasteiger partial charge in [0.15, 0.2) is 0 Å². The van der Waals surface area contributed by atoms with Crippen molar-refractivity contribution >= 4 is 12.1 Å². The first-order valence-electron chi connectivity index (χ1n) is 3.74. The van der Waals surface area contributed by atoms with Crippen LogP contribution in [0.25, 0.3) is 6.08 Å². The van der Waals surface area contributed by atoms with Gasteiger partial charge in [0.05, 0.1) is 7.11 Å². The van der Waals surface area contributed by atoms with Crippen molar-refractivity contribution in [2.45, 2.75) is 0 Å². The fourth-order valence-electron chi connectivity index (χ4n) is 0.877. The summed E-state index contributed by atoms with van der Waals surface area (Å²) in [6.07, 6.45) is 2.28. The summed E-state index contributed by atoms with van der Waals surface area (Å²) in [7, 11) is 1.57. The van der Waals surface area contributed by atoms with Crippen molar-refractivity contribution in [1.29, 1.82) is 0 Å². The zero-order valence-electron chi connectivity index (χ0n) is 7.16. The van der Waals surface area contributed by atoms with Gasteiger partial charge in [0.25, 0.3) is 0 Å². The molecule has 1 aromatic rings. The Labute approximate surface area is 75.6 Å². The van der Waals surface area contributed by atoms with Crippen LogP contribution < -0.4 is 4.74 Å².